The van der Waals surface area contributed by atoms with Crippen LogP contribution in [0, 0.1) is 5.82 Å². The van der Waals surface area contributed by atoms with Gasteiger partial charge in [-0.15, -0.1) is 0 Å². The average Bonchev–Trinajstić information content (AvgIpc) is 3.35. The number of fused-ring (bicyclic) bond motifs is 1. The number of hydrogen-bond donors (Lipinski definition) is 0. The maximum Gasteiger partial charge on any atom is 0.274 e. The molecule has 1 aliphatic rings. The van der Waals surface area contributed by atoms with Crippen LogP contribution in [0.4, 0.5) is 4.39 Å². The Balaban J connectivity index is 1.63. The average molecular weight is 442 g/mol. The van der Waals surface area contributed by atoms with Crippen LogP contribution in [-0.2, 0) is 22.7 Å². The number of sulfone groups is 1. The molecule has 0 aliphatic heterocycles. The molecule has 1 aliphatic carbocycles. The number of carbonyl (C=O) groups is 1. The van der Waals surface area contributed by atoms with E-state index in [1.165, 1.54) is 18.4 Å². The Hall–Kier alpha value is -3.00. The van der Waals surface area contributed by atoms with Crippen molar-refractivity contribution in [1.29, 1.82) is 0 Å². The van der Waals surface area contributed by atoms with Gasteiger partial charge in [0.15, 0.2) is 15.5 Å². The minimum absolute atomic E-state index is 0.196. The summed E-state index contributed by atoms with van der Waals surface area (Å²) in [6, 6.07) is 12.4. The standard InChI is InChI=1S/C23H24FN3O3S/c1-15(16-7-13-19(14-8-16)31(3,29)30)26(2)23(28)22-20-5-4-6-21(20)27(25-22)18-11-9-17(24)10-12-18/h7-15H,4-6H2,1-3H3. The second kappa shape index (κ2) is 7.92. The summed E-state index contributed by atoms with van der Waals surface area (Å²) in [6.07, 6.45) is 3.71. The molecule has 3 aromatic rings. The van der Waals surface area contributed by atoms with E-state index in [9.17, 15) is 17.6 Å². The lowest BCUT2D eigenvalue weighted by molar-refractivity contribution is 0.0735. The Labute approximate surface area is 181 Å². The number of hydrogen-bond acceptors (Lipinski definition) is 4. The second-order valence-electron chi connectivity index (χ2n) is 7.95. The van der Waals surface area contributed by atoms with Crippen LogP contribution in [0.5, 0.6) is 0 Å². The van der Waals surface area contributed by atoms with E-state index >= 15 is 0 Å². The number of rotatable bonds is 5. The molecule has 0 spiro atoms. The smallest absolute Gasteiger partial charge is 0.274 e. The molecular weight excluding hydrogens is 417 g/mol. The molecule has 1 atom stereocenters. The van der Waals surface area contributed by atoms with Crippen molar-refractivity contribution < 1.29 is 17.6 Å². The van der Waals surface area contributed by atoms with Crippen LogP contribution in [0.15, 0.2) is 53.4 Å². The highest BCUT2D eigenvalue weighted by Crippen LogP contribution is 2.30. The minimum Gasteiger partial charge on any atom is -0.334 e. The fraction of sp³-hybridized carbons (Fsp3) is 0.304. The maximum atomic E-state index is 13.3. The highest BCUT2D eigenvalue weighted by atomic mass is 32.2. The SMILES string of the molecule is CC(c1ccc(S(C)(=O)=O)cc1)N(C)C(=O)c1nn(-c2ccc(F)cc2)c2c1CCC2. The van der Waals surface area contributed by atoms with Crippen molar-refractivity contribution in [2.45, 2.75) is 37.1 Å². The minimum atomic E-state index is -3.27. The molecule has 0 fully saturated rings. The third kappa shape index (κ3) is 3.99. The molecule has 162 valence electrons. The molecule has 8 heteroatoms. The van der Waals surface area contributed by atoms with Gasteiger partial charge >= 0.3 is 0 Å². The summed E-state index contributed by atoms with van der Waals surface area (Å²) in [4.78, 5) is 15.2. The lowest BCUT2D eigenvalue weighted by Crippen LogP contribution is -2.30. The number of amides is 1. The van der Waals surface area contributed by atoms with Crippen molar-refractivity contribution in [2.24, 2.45) is 0 Å². The Kier molecular flexibility index (Phi) is 5.43. The first kappa shape index (κ1) is 21.2. The summed E-state index contributed by atoms with van der Waals surface area (Å²) in [5, 5.41) is 4.60. The van der Waals surface area contributed by atoms with Gasteiger partial charge in [0.2, 0.25) is 0 Å². The van der Waals surface area contributed by atoms with Crippen molar-refractivity contribution in [3.63, 3.8) is 0 Å². The highest BCUT2D eigenvalue weighted by molar-refractivity contribution is 7.90. The molecule has 0 saturated carbocycles. The van der Waals surface area contributed by atoms with Gasteiger partial charge in [0.1, 0.15) is 5.82 Å². The van der Waals surface area contributed by atoms with Crippen LogP contribution in [0.25, 0.3) is 5.69 Å². The molecule has 0 saturated heterocycles. The van der Waals surface area contributed by atoms with Crippen molar-refractivity contribution in [1.82, 2.24) is 14.7 Å². The molecule has 6 nitrogen and oxygen atoms in total. The van der Waals surface area contributed by atoms with E-state index in [1.807, 2.05) is 6.92 Å². The zero-order chi connectivity index (χ0) is 22.3. The van der Waals surface area contributed by atoms with Gasteiger partial charge in [-0.25, -0.2) is 17.5 Å². The third-order valence-electron chi connectivity index (χ3n) is 5.90. The quantitative estimate of drug-likeness (QED) is 0.605. The maximum absolute atomic E-state index is 13.3. The molecule has 0 N–H and O–H groups in total. The first-order chi connectivity index (χ1) is 14.7. The van der Waals surface area contributed by atoms with Gasteiger partial charge in [-0.1, -0.05) is 12.1 Å². The van der Waals surface area contributed by atoms with E-state index in [1.54, 1.807) is 53.0 Å². The number of nitrogens with zero attached hydrogens (tertiary/aromatic N) is 3. The number of aromatic nitrogens is 2. The molecule has 31 heavy (non-hydrogen) atoms. The first-order valence-corrected chi connectivity index (χ1v) is 12.0. The number of benzene rings is 2. The van der Waals surface area contributed by atoms with E-state index in [-0.39, 0.29) is 22.7 Å². The van der Waals surface area contributed by atoms with Gasteiger partial charge in [0.05, 0.1) is 16.6 Å². The summed E-state index contributed by atoms with van der Waals surface area (Å²) >= 11 is 0. The van der Waals surface area contributed by atoms with E-state index in [2.05, 4.69) is 5.10 Å². The van der Waals surface area contributed by atoms with Crippen molar-refractivity contribution in [2.75, 3.05) is 13.3 Å². The largest absolute Gasteiger partial charge is 0.334 e. The zero-order valence-corrected chi connectivity index (χ0v) is 18.5. The summed E-state index contributed by atoms with van der Waals surface area (Å²) in [5.41, 5.74) is 3.91. The summed E-state index contributed by atoms with van der Waals surface area (Å²) in [6.45, 7) is 1.89. The molecule has 4 rings (SSSR count). The van der Waals surface area contributed by atoms with Crippen LogP contribution < -0.4 is 0 Å². The van der Waals surface area contributed by atoms with Crippen molar-refractivity contribution >= 4 is 15.7 Å². The normalized spacial score (nSPS) is 14.3. The van der Waals surface area contributed by atoms with Gasteiger partial charge in [-0.3, -0.25) is 4.79 Å². The Bertz CT molecular complexity index is 1230. The van der Waals surface area contributed by atoms with Gasteiger partial charge in [0, 0.05) is 24.6 Å². The molecule has 0 radical (unpaired) electrons. The number of halogens is 1. The van der Waals surface area contributed by atoms with Crippen LogP contribution in [0.3, 0.4) is 0 Å². The molecule has 2 aromatic carbocycles. The number of carbonyl (C=O) groups excluding carboxylic acids is 1. The molecule has 0 bridgehead atoms. The van der Waals surface area contributed by atoms with E-state index in [0.29, 0.717) is 5.69 Å². The van der Waals surface area contributed by atoms with E-state index < -0.39 is 9.84 Å². The van der Waals surface area contributed by atoms with Crippen LogP contribution >= 0.6 is 0 Å². The van der Waals surface area contributed by atoms with Gasteiger partial charge in [0.25, 0.3) is 5.91 Å². The topological polar surface area (TPSA) is 72.3 Å². The van der Waals surface area contributed by atoms with Crippen molar-refractivity contribution in [3.8, 4) is 5.69 Å². The molecule has 1 unspecified atom stereocenters. The molecule has 1 heterocycles. The lowest BCUT2D eigenvalue weighted by atomic mass is 10.1. The zero-order valence-electron chi connectivity index (χ0n) is 17.7. The van der Waals surface area contributed by atoms with Crippen molar-refractivity contribution in [3.05, 3.63) is 76.9 Å². The van der Waals surface area contributed by atoms with Gasteiger partial charge in [-0.05, 0) is 68.1 Å². The lowest BCUT2D eigenvalue weighted by Gasteiger charge is -2.25. The Morgan fingerprint density at radius 2 is 1.74 bits per heavy atom. The van der Waals surface area contributed by atoms with Crippen LogP contribution in [0.2, 0.25) is 0 Å². The fourth-order valence-corrected chi connectivity index (χ4v) is 4.60. The monoisotopic (exact) mass is 441 g/mol. The first-order valence-electron chi connectivity index (χ1n) is 10.1. The predicted octanol–water partition coefficient (Wildman–Crippen LogP) is 3.74. The van der Waals surface area contributed by atoms with Crippen LogP contribution in [-0.4, -0.2) is 42.3 Å². The molecule has 1 amide bonds. The predicted molar refractivity (Wildman–Crippen MR) is 116 cm³/mol. The van der Waals surface area contributed by atoms with E-state index in [0.717, 1.165) is 41.8 Å². The Morgan fingerprint density at radius 1 is 1.10 bits per heavy atom. The molecular formula is C23H24FN3O3S. The fourth-order valence-electron chi connectivity index (χ4n) is 3.97. The van der Waals surface area contributed by atoms with E-state index in [4.69, 9.17) is 0 Å². The third-order valence-corrected chi connectivity index (χ3v) is 7.02. The van der Waals surface area contributed by atoms with Gasteiger partial charge in [-0.2, -0.15) is 5.10 Å². The summed E-state index contributed by atoms with van der Waals surface area (Å²) < 4.78 is 38.5. The Morgan fingerprint density at radius 3 is 2.35 bits per heavy atom. The van der Waals surface area contributed by atoms with Gasteiger partial charge < -0.3 is 4.90 Å². The summed E-state index contributed by atoms with van der Waals surface area (Å²) in [7, 11) is -1.56. The van der Waals surface area contributed by atoms with Crippen LogP contribution in [0.1, 0.15) is 46.7 Å². The second-order valence-corrected chi connectivity index (χ2v) is 9.96. The summed E-state index contributed by atoms with van der Waals surface area (Å²) in [5.74, 6) is -0.516. The highest BCUT2D eigenvalue weighted by Gasteiger charge is 2.30. The molecule has 1 aromatic heterocycles.